The third-order valence-corrected chi connectivity index (χ3v) is 4.21. The molecule has 0 N–H and O–H groups in total. The number of carbonyl (C=O) groups is 1. The van der Waals surface area contributed by atoms with E-state index in [2.05, 4.69) is 32.6 Å². The minimum Gasteiger partial charge on any atom is -0.446 e. The monoisotopic (exact) mass is 390 g/mol. The first-order valence-corrected chi connectivity index (χ1v) is 9.21. The molecule has 0 amide bonds. The smallest absolute Gasteiger partial charge is 0.339 e. The molecule has 1 aromatic rings. The second-order valence-electron chi connectivity index (χ2n) is 7.21. The summed E-state index contributed by atoms with van der Waals surface area (Å²) in [5.74, 6) is 5.58. The summed E-state index contributed by atoms with van der Waals surface area (Å²) in [5.41, 5.74) is -1.32. The lowest BCUT2D eigenvalue weighted by Crippen LogP contribution is -2.20. The van der Waals surface area contributed by atoms with Gasteiger partial charge in [0.2, 0.25) is 0 Å². The molecule has 2 atom stereocenters. The molecule has 0 unspecified atom stereocenters. The van der Waals surface area contributed by atoms with E-state index in [-0.39, 0.29) is 11.5 Å². The lowest BCUT2D eigenvalue weighted by atomic mass is 9.95. The molecule has 0 bridgehead atoms. The molecule has 1 aromatic carbocycles. The highest BCUT2D eigenvalue weighted by Gasteiger charge is 2.23. The summed E-state index contributed by atoms with van der Waals surface area (Å²) in [6.45, 7) is 8.01. The largest absolute Gasteiger partial charge is 0.446 e. The van der Waals surface area contributed by atoms with Gasteiger partial charge in [-0.25, -0.2) is 4.79 Å². The number of hydrogen-bond donors (Lipinski definition) is 0. The summed E-state index contributed by atoms with van der Waals surface area (Å²) in [4.78, 5) is 32.8. The Hall–Kier alpha value is -2.95. The van der Waals surface area contributed by atoms with Crippen LogP contribution in [0.5, 0.6) is 0 Å². The van der Waals surface area contributed by atoms with Gasteiger partial charge in [-0.2, -0.15) is 0 Å². The van der Waals surface area contributed by atoms with Crippen LogP contribution in [-0.4, -0.2) is 21.9 Å². The molecule has 0 heterocycles. The van der Waals surface area contributed by atoms with E-state index in [4.69, 9.17) is 4.74 Å². The van der Waals surface area contributed by atoms with Gasteiger partial charge in [0.05, 0.1) is 21.5 Å². The fraction of sp³-hybridized carbons (Fsp3) is 0.550. The van der Waals surface area contributed by atoms with Gasteiger partial charge >= 0.3 is 5.97 Å². The number of nitro groups is 2. The number of esters is 1. The SMILES string of the molecule is CC#C[C@H](C[C@H](C)CCCC(C)C)OC(=O)c1cc([N+](=O)[O-])cc([N+](=O)[O-])c1. The number of nitro benzene ring substituents is 2. The molecule has 8 heteroatoms. The van der Waals surface area contributed by atoms with E-state index in [1.54, 1.807) is 6.92 Å². The second-order valence-corrected chi connectivity index (χ2v) is 7.21. The van der Waals surface area contributed by atoms with Crippen molar-refractivity contribution >= 4 is 17.3 Å². The number of nitrogens with zero attached hydrogens (tertiary/aromatic N) is 2. The Morgan fingerprint density at radius 3 is 2.11 bits per heavy atom. The fourth-order valence-electron chi connectivity index (χ4n) is 2.78. The predicted molar refractivity (Wildman–Crippen MR) is 105 cm³/mol. The number of ether oxygens (including phenoxy) is 1. The number of non-ortho nitro benzene ring substituents is 2. The van der Waals surface area contributed by atoms with Crippen LogP contribution in [0.2, 0.25) is 0 Å². The van der Waals surface area contributed by atoms with E-state index in [9.17, 15) is 25.0 Å². The third kappa shape index (κ3) is 7.74. The van der Waals surface area contributed by atoms with Crippen molar-refractivity contribution in [2.75, 3.05) is 0 Å². The van der Waals surface area contributed by atoms with Crippen molar-refractivity contribution in [3.05, 3.63) is 44.0 Å². The highest BCUT2D eigenvalue weighted by atomic mass is 16.6. The van der Waals surface area contributed by atoms with E-state index >= 15 is 0 Å². The number of hydrogen-bond acceptors (Lipinski definition) is 6. The fourth-order valence-corrected chi connectivity index (χ4v) is 2.78. The second kappa shape index (κ2) is 11.0. The van der Waals surface area contributed by atoms with E-state index in [0.29, 0.717) is 12.3 Å². The van der Waals surface area contributed by atoms with E-state index in [1.807, 2.05) is 0 Å². The molecule has 0 spiro atoms. The van der Waals surface area contributed by atoms with Crippen LogP contribution in [0.4, 0.5) is 11.4 Å². The minimum absolute atomic E-state index is 0.240. The Morgan fingerprint density at radius 1 is 1.07 bits per heavy atom. The Kier molecular flexibility index (Phi) is 9.09. The quantitative estimate of drug-likeness (QED) is 0.243. The van der Waals surface area contributed by atoms with Crippen LogP contribution in [-0.2, 0) is 4.74 Å². The van der Waals surface area contributed by atoms with Gasteiger partial charge in [0.25, 0.3) is 11.4 Å². The van der Waals surface area contributed by atoms with Crippen LogP contribution in [0, 0.1) is 43.9 Å². The van der Waals surface area contributed by atoms with E-state index in [1.165, 1.54) is 0 Å². The molecule has 0 radical (unpaired) electrons. The highest BCUT2D eigenvalue weighted by Crippen LogP contribution is 2.24. The molecular formula is C20H26N2O6. The third-order valence-electron chi connectivity index (χ3n) is 4.21. The van der Waals surface area contributed by atoms with Gasteiger partial charge in [-0.05, 0) is 25.2 Å². The van der Waals surface area contributed by atoms with Gasteiger partial charge in [-0.1, -0.05) is 46.0 Å². The van der Waals surface area contributed by atoms with Gasteiger partial charge in [-0.3, -0.25) is 20.2 Å². The molecule has 0 saturated heterocycles. The maximum absolute atomic E-state index is 12.4. The standard InChI is InChI=1S/C20H26N2O6/c1-5-7-19(10-15(4)9-6-8-14(2)3)28-20(23)16-11-17(21(24)25)13-18(12-16)22(26)27/h11-15,19H,6,8-10H2,1-4H3/t15-,19-/m1/s1. The van der Waals surface area contributed by atoms with Crippen molar-refractivity contribution in [3.63, 3.8) is 0 Å². The first-order chi connectivity index (χ1) is 13.1. The van der Waals surface area contributed by atoms with Gasteiger partial charge in [-0.15, -0.1) is 5.92 Å². The zero-order valence-corrected chi connectivity index (χ0v) is 16.6. The molecule has 0 fully saturated rings. The van der Waals surface area contributed by atoms with Crippen LogP contribution in [0.1, 0.15) is 63.7 Å². The Morgan fingerprint density at radius 2 is 1.64 bits per heavy atom. The number of rotatable bonds is 10. The Labute approximate surface area is 164 Å². The molecule has 0 saturated carbocycles. The highest BCUT2D eigenvalue weighted by molar-refractivity contribution is 5.91. The molecule has 0 aliphatic heterocycles. The topological polar surface area (TPSA) is 113 Å². The van der Waals surface area contributed by atoms with Crippen molar-refractivity contribution in [2.45, 2.75) is 59.5 Å². The summed E-state index contributed by atoms with van der Waals surface area (Å²) in [7, 11) is 0. The van der Waals surface area contributed by atoms with Crippen molar-refractivity contribution in [1.82, 2.24) is 0 Å². The first kappa shape index (κ1) is 23.1. The molecule has 28 heavy (non-hydrogen) atoms. The summed E-state index contributed by atoms with van der Waals surface area (Å²) in [6, 6.07) is 2.74. The molecule has 0 aromatic heterocycles. The van der Waals surface area contributed by atoms with Crippen molar-refractivity contribution in [1.29, 1.82) is 0 Å². The lowest BCUT2D eigenvalue weighted by Gasteiger charge is -2.18. The lowest BCUT2D eigenvalue weighted by molar-refractivity contribution is -0.394. The van der Waals surface area contributed by atoms with Crippen molar-refractivity contribution in [2.24, 2.45) is 11.8 Å². The maximum Gasteiger partial charge on any atom is 0.339 e. The Balaban J connectivity index is 2.90. The average molecular weight is 390 g/mol. The van der Waals surface area contributed by atoms with Crippen molar-refractivity contribution < 1.29 is 19.4 Å². The summed E-state index contributed by atoms with van der Waals surface area (Å²) in [6.07, 6.45) is 3.01. The summed E-state index contributed by atoms with van der Waals surface area (Å²) in [5, 5.41) is 22.0. The minimum atomic E-state index is -0.867. The predicted octanol–water partition coefficient (Wildman–Crippen LogP) is 4.90. The van der Waals surface area contributed by atoms with Crippen LogP contribution >= 0.6 is 0 Å². The Bertz CT molecular complexity index is 746. The van der Waals surface area contributed by atoms with Crippen LogP contribution < -0.4 is 0 Å². The van der Waals surface area contributed by atoms with Crippen molar-refractivity contribution in [3.8, 4) is 11.8 Å². The molecule has 0 aliphatic rings. The summed E-state index contributed by atoms with van der Waals surface area (Å²) >= 11 is 0. The van der Waals surface area contributed by atoms with Crippen LogP contribution in [0.15, 0.2) is 18.2 Å². The molecular weight excluding hydrogens is 364 g/mol. The first-order valence-electron chi connectivity index (χ1n) is 9.21. The van der Waals surface area contributed by atoms with Crippen LogP contribution in [0.3, 0.4) is 0 Å². The molecule has 8 nitrogen and oxygen atoms in total. The zero-order chi connectivity index (χ0) is 21.3. The zero-order valence-electron chi connectivity index (χ0n) is 16.6. The van der Waals surface area contributed by atoms with Gasteiger partial charge in [0.1, 0.15) is 0 Å². The van der Waals surface area contributed by atoms with Gasteiger partial charge in [0, 0.05) is 12.1 Å². The normalized spacial score (nSPS) is 12.6. The molecule has 0 aliphatic carbocycles. The molecule has 1 rings (SSSR count). The summed E-state index contributed by atoms with van der Waals surface area (Å²) < 4.78 is 5.39. The number of benzene rings is 1. The maximum atomic E-state index is 12.4. The van der Waals surface area contributed by atoms with Crippen LogP contribution in [0.25, 0.3) is 0 Å². The number of carbonyl (C=O) groups excluding carboxylic acids is 1. The van der Waals surface area contributed by atoms with Gasteiger partial charge < -0.3 is 4.74 Å². The van der Waals surface area contributed by atoms with E-state index in [0.717, 1.165) is 37.5 Å². The van der Waals surface area contributed by atoms with Gasteiger partial charge in [0.15, 0.2) is 6.10 Å². The average Bonchev–Trinajstić information content (AvgIpc) is 2.60. The molecule has 152 valence electrons. The van der Waals surface area contributed by atoms with E-state index < -0.39 is 33.3 Å².